The van der Waals surface area contributed by atoms with Crippen LogP contribution < -0.4 is 4.74 Å². The molecule has 0 aliphatic heterocycles. The van der Waals surface area contributed by atoms with Gasteiger partial charge in [-0.1, -0.05) is 31.5 Å². The van der Waals surface area contributed by atoms with Crippen LogP contribution in [0.3, 0.4) is 0 Å². The molecule has 0 spiro atoms. The van der Waals surface area contributed by atoms with Crippen LogP contribution in [0.4, 0.5) is 0 Å². The third-order valence-electron chi connectivity index (χ3n) is 3.55. The smallest absolute Gasteiger partial charge is 0.313 e. The van der Waals surface area contributed by atoms with Gasteiger partial charge in [0, 0.05) is 7.11 Å². The molecule has 0 saturated carbocycles. The first kappa shape index (κ1) is 27.5. The van der Waals surface area contributed by atoms with Gasteiger partial charge >= 0.3 is 5.97 Å². The molecule has 0 fully saturated rings. The van der Waals surface area contributed by atoms with Crippen molar-refractivity contribution in [1.82, 2.24) is 0 Å². The van der Waals surface area contributed by atoms with Gasteiger partial charge in [0.1, 0.15) is 5.75 Å². The molecule has 168 valence electrons. The molecular weight excluding hydrogens is 376 g/mol. The minimum atomic E-state index is -0.302. The maximum atomic E-state index is 11.8. The molecule has 1 rings (SSSR count). The molecule has 0 N–H and O–H groups in total. The highest BCUT2D eigenvalue weighted by Gasteiger charge is 2.07. The van der Waals surface area contributed by atoms with Crippen LogP contribution in [0.1, 0.15) is 31.4 Å². The van der Waals surface area contributed by atoms with E-state index in [0.29, 0.717) is 65.2 Å². The molecule has 0 saturated heterocycles. The predicted octanol–water partition coefficient (Wildman–Crippen LogP) is 3.34. The molecule has 7 heteroatoms. The topological polar surface area (TPSA) is 72.5 Å². The van der Waals surface area contributed by atoms with Crippen molar-refractivity contribution in [3.05, 3.63) is 29.3 Å². The Morgan fingerprint density at radius 1 is 0.759 bits per heavy atom. The number of esters is 1. The van der Waals surface area contributed by atoms with Gasteiger partial charge in [0.05, 0.1) is 65.9 Å². The molecule has 0 bridgehead atoms. The van der Waals surface area contributed by atoms with Gasteiger partial charge in [0.15, 0.2) is 0 Å². The van der Waals surface area contributed by atoms with E-state index in [0.717, 1.165) is 11.1 Å². The Labute approximate surface area is 175 Å². The molecule has 0 atom stereocenters. The van der Waals surface area contributed by atoms with Crippen LogP contribution in [-0.2, 0) is 28.5 Å². The van der Waals surface area contributed by atoms with Crippen LogP contribution in [0.5, 0.6) is 5.75 Å². The van der Waals surface area contributed by atoms with Crippen molar-refractivity contribution in [3.8, 4) is 5.75 Å². The number of ether oxygens (including phenoxy) is 6. The lowest BCUT2D eigenvalue weighted by atomic mass is 10.1. The summed E-state index contributed by atoms with van der Waals surface area (Å²) >= 11 is 0. The Morgan fingerprint density at radius 2 is 1.24 bits per heavy atom. The molecule has 0 aliphatic rings. The number of benzene rings is 1. The van der Waals surface area contributed by atoms with Crippen molar-refractivity contribution in [2.75, 3.05) is 66.6 Å². The van der Waals surface area contributed by atoms with Crippen molar-refractivity contribution in [2.24, 2.45) is 0 Å². The fourth-order valence-electron chi connectivity index (χ4n) is 2.15. The average Bonchev–Trinajstić information content (AvgIpc) is 2.72. The Hall–Kier alpha value is -1.51. The van der Waals surface area contributed by atoms with E-state index in [1.165, 1.54) is 0 Å². The standard InChI is InChI=1S/C20H32O7.C2H6/c1-17-4-5-19(18(2)16-17)27-20(21)6-7-23-10-11-25-14-15-26-13-12-24-9-8-22-3;1-2/h4-5,16H,6-15H2,1-3H3;1-2H3. The highest BCUT2D eigenvalue weighted by atomic mass is 16.6. The van der Waals surface area contributed by atoms with E-state index < -0.39 is 0 Å². The second-order valence-electron chi connectivity index (χ2n) is 5.94. The van der Waals surface area contributed by atoms with Crippen molar-refractivity contribution >= 4 is 5.97 Å². The Morgan fingerprint density at radius 3 is 1.72 bits per heavy atom. The number of rotatable bonds is 16. The Bertz CT molecular complexity index is 520. The second kappa shape index (κ2) is 19.8. The van der Waals surface area contributed by atoms with Gasteiger partial charge in [-0.05, 0) is 25.5 Å². The minimum absolute atomic E-state index is 0.208. The van der Waals surface area contributed by atoms with Gasteiger partial charge in [-0.25, -0.2) is 0 Å². The van der Waals surface area contributed by atoms with Gasteiger partial charge in [-0.2, -0.15) is 0 Å². The average molecular weight is 415 g/mol. The largest absolute Gasteiger partial charge is 0.426 e. The van der Waals surface area contributed by atoms with E-state index in [4.69, 9.17) is 28.4 Å². The zero-order valence-electron chi connectivity index (χ0n) is 18.7. The molecule has 0 aromatic heterocycles. The number of aryl methyl sites for hydroxylation is 2. The van der Waals surface area contributed by atoms with Gasteiger partial charge in [0.25, 0.3) is 0 Å². The lowest BCUT2D eigenvalue weighted by molar-refractivity contribution is -0.135. The molecule has 7 nitrogen and oxygen atoms in total. The molecule has 0 radical (unpaired) electrons. The van der Waals surface area contributed by atoms with Crippen molar-refractivity contribution in [3.63, 3.8) is 0 Å². The van der Waals surface area contributed by atoms with Crippen LogP contribution in [0, 0.1) is 13.8 Å². The zero-order valence-corrected chi connectivity index (χ0v) is 18.7. The number of carbonyl (C=O) groups excluding carboxylic acids is 1. The predicted molar refractivity (Wildman–Crippen MR) is 113 cm³/mol. The summed E-state index contributed by atoms with van der Waals surface area (Å²) in [7, 11) is 1.64. The van der Waals surface area contributed by atoms with E-state index in [2.05, 4.69) is 0 Å². The second-order valence-corrected chi connectivity index (χ2v) is 5.94. The summed E-state index contributed by atoms with van der Waals surface area (Å²) in [5.74, 6) is 0.294. The fraction of sp³-hybridized carbons (Fsp3) is 0.682. The van der Waals surface area contributed by atoms with Crippen LogP contribution in [-0.4, -0.2) is 72.5 Å². The molecule has 0 unspecified atom stereocenters. The molecule has 1 aromatic rings. The number of carbonyl (C=O) groups is 1. The van der Waals surface area contributed by atoms with E-state index in [1.807, 2.05) is 45.9 Å². The lowest BCUT2D eigenvalue weighted by Gasteiger charge is -2.09. The van der Waals surface area contributed by atoms with Gasteiger partial charge in [-0.3, -0.25) is 4.79 Å². The first-order valence-electron chi connectivity index (χ1n) is 10.2. The first-order valence-corrected chi connectivity index (χ1v) is 10.2. The van der Waals surface area contributed by atoms with E-state index in [-0.39, 0.29) is 12.4 Å². The number of hydrogen-bond donors (Lipinski definition) is 0. The molecular formula is C22H38O7. The SMILES string of the molecule is CC.COCCOCCOCCOCCOCCC(=O)Oc1ccc(C)cc1C. The Balaban J connectivity index is 0.00000379. The van der Waals surface area contributed by atoms with E-state index >= 15 is 0 Å². The van der Waals surface area contributed by atoms with E-state index in [9.17, 15) is 4.79 Å². The normalized spacial score (nSPS) is 10.4. The maximum Gasteiger partial charge on any atom is 0.313 e. The van der Waals surface area contributed by atoms with Crippen LogP contribution >= 0.6 is 0 Å². The molecule has 1 aromatic carbocycles. The zero-order chi connectivity index (χ0) is 21.7. The summed E-state index contributed by atoms with van der Waals surface area (Å²) < 4.78 is 31.6. The molecule has 0 heterocycles. The van der Waals surface area contributed by atoms with Crippen LogP contribution in [0.15, 0.2) is 18.2 Å². The molecule has 29 heavy (non-hydrogen) atoms. The summed E-state index contributed by atoms with van der Waals surface area (Å²) in [6, 6.07) is 5.71. The monoisotopic (exact) mass is 414 g/mol. The summed E-state index contributed by atoms with van der Waals surface area (Å²) in [6.07, 6.45) is 0.208. The highest BCUT2D eigenvalue weighted by molar-refractivity contribution is 5.72. The van der Waals surface area contributed by atoms with Gasteiger partial charge in [0.2, 0.25) is 0 Å². The summed E-state index contributed by atoms with van der Waals surface area (Å²) in [5.41, 5.74) is 2.08. The Kier molecular flexibility index (Phi) is 18.8. The number of hydrogen-bond acceptors (Lipinski definition) is 7. The van der Waals surface area contributed by atoms with Crippen molar-refractivity contribution in [1.29, 1.82) is 0 Å². The quantitative estimate of drug-likeness (QED) is 0.233. The van der Waals surface area contributed by atoms with Gasteiger partial charge < -0.3 is 28.4 Å². The van der Waals surface area contributed by atoms with Gasteiger partial charge in [-0.15, -0.1) is 0 Å². The summed E-state index contributed by atoms with van der Waals surface area (Å²) in [6.45, 7) is 12.4. The minimum Gasteiger partial charge on any atom is -0.426 e. The van der Waals surface area contributed by atoms with Crippen LogP contribution in [0.2, 0.25) is 0 Å². The van der Waals surface area contributed by atoms with Crippen molar-refractivity contribution < 1.29 is 33.2 Å². The summed E-state index contributed by atoms with van der Waals surface area (Å²) in [5, 5.41) is 0. The molecule has 0 amide bonds. The first-order chi connectivity index (χ1) is 14.1. The maximum absolute atomic E-state index is 11.8. The fourth-order valence-corrected chi connectivity index (χ4v) is 2.15. The molecule has 0 aliphatic carbocycles. The highest BCUT2D eigenvalue weighted by Crippen LogP contribution is 2.19. The number of methoxy groups -OCH3 is 1. The lowest BCUT2D eigenvalue weighted by Crippen LogP contribution is -2.15. The third kappa shape index (κ3) is 16.0. The summed E-state index contributed by atoms with van der Waals surface area (Å²) in [4.78, 5) is 11.8. The van der Waals surface area contributed by atoms with Crippen molar-refractivity contribution in [2.45, 2.75) is 34.1 Å². The third-order valence-corrected chi connectivity index (χ3v) is 3.55. The van der Waals surface area contributed by atoms with Crippen LogP contribution in [0.25, 0.3) is 0 Å². The van der Waals surface area contributed by atoms with E-state index in [1.54, 1.807) is 7.11 Å².